The molecule has 4 aliphatic rings. The summed E-state index contributed by atoms with van der Waals surface area (Å²) in [6.07, 6.45) is 19.1. The molecule has 0 spiro atoms. The number of aryl methyl sites for hydroxylation is 6. The molecule has 0 fully saturated rings. The first-order valence-corrected chi connectivity index (χ1v) is 36.9. The van der Waals surface area contributed by atoms with Gasteiger partial charge in [0.2, 0.25) is 0 Å². The lowest BCUT2D eigenvalue weighted by atomic mass is 10.0. The number of fused-ring (bicyclic) bond motifs is 16. The summed E-state index contributed by atoms with van der Waals surface area (Å²) in [6, 6.07) is 86.6. The highest BCUT2D eigenvalue weighted by Crippen LogP contribution is 2.45. The third kappa shape index (κ3) is 12.0. The van der Waals surface area contributed by atoms with Crippen molar-refractivity contribution in [3.05, 3.63) is 328 Å². The van der Waals surface area contributed by atoms with E-state index in [1.165, 1.54) is 33.4 Å². The fraction of sp³-hybridized carbons (Fsp3) is 0.0625. The molecule has 0 saturated carbocycles. The Kier molecular flexibility index (Phi) is 15.8. The van der Waals surface area contributed by atoms with Gasteiger partial charge in [-0.2, -0.15) is 0 Å². The van der Waals surface area contributed by atoms with Gasteiger partial charge in [0.15, 0.2) is 0 Å². The number of aromatic amines is 2. The highest BCUT2D eigenvalue weighted by molar-refractivity contribution is 7.24. The molecule has 0 aliphatic carbocycles. The molecule has 10 nitrogen and oxygen atoms in total. The third-order valence-electron chi connectivity index (χ3n) is 20.7. The molecular weight excluding hydrogens is 1330 g/mol. The molecule has 11 heterocycles. The molecule has 510 valence electrons. The van der Waals surface area contributed by atoms with Crippen LogP contribution in [0.5, 0.6) is 0 Å². The van der Waals surface area contributed by atoms with Gasteiger partial charge in [0.1, 0.15) is 16.9 Å². The van der Waals surface area contributed by atoms with Gasteiger partial charge in [0, 0.05) is 70.4 Å². The minimum absolute atomic E-state index is 0.712. The highest BCUT2D eigenvalue weighted by Gasteiger charge is 2.24. The summed E-state index contributed by atoms with van der Waals surface area (Å²) in [6.45, 7) is 12.7. The number of hydrogen-bond donors (Lipinski definition) is 2. The monoisotopic (exact) mass is 1400 g/mol. The molecule has 16 bridgehead atoms. The lowest BCUT2D eigenvalue weighted by molar-refractivity contribution is 0.667. The van der Waals surface area contributed by atoms with E-state index < -0.39 is 0 Å². The van der Waals surface area contributed by atoms with E-state index in [1.807, 2.05) is 10.9 Å². The summed E-state index contributed by atoms with van der Waals surface area (Å²) >= 11 is 1.75. The number of hydrogen-bond acceptors (Lipinski definition) is 8. The molecule has 0 amide bonds. The van der Waals surface area contributed by atoms with E-state index in [9.17, 15) is 0 Å². The first-order chi connectivity index (χ1) is 52.4. The van der Waals surface area contributed by atoms with Gasteiger partial charge < -0.3 is 14.4 Å². The molecule has 0 saturated heterocycles. The molecule has 4 aliphatic heterocycles. The second kappa shape index (κ2) is 26.3. The standard InChI is InChI=1S/C96H69N9OS/c1-56-7-19-63(20-8-56)89-72-39-41-74(97-72)90(64-21-9-57(2)10-22-64)76-43-45-78(99-76)92(79-46-44-77(100-79)91(75-42-40-73(89)98-75)65-23-11-58(3)12-24-65)66-33-31-62(32-34-66)84-55-105(104-103-84)71-37-35-70(36-38-71)96-83-50-48-81(102-83)94(68-27-15-60(5)16-28-68)86-52-51-85(106-86)93(67-25-13-59(4)14-26-67)80-47-49-82(101-80)95(87-53-54-88(96)107-87)69-29-17-61(6)18-30-69/h7-55,97,100H,1-6H3. The van der Waals surface area contributed by atoms with Crippen LogP contribution in [0.2, 0.25) is 0 Å². The van der Waals surface area contributed by atoms with Crippen LogP contribution in [0.25, 0.3) is 197 Å². The van der Waals surface area contributed by atoms with Crippen LogP contribution in [0, 0.1) is 41.5 Å². The fourth-order valence-corrected chi connectivity index (χ4v) is 16.2. The number of nitrogens with one attached hydrogen (secondary N) is 2. The van der Waals surface area contributed by atoms with Crippen molar-refractivity contribution in [2.45, 2.75) is 41.5 Å². The molecular formula is C96H69N9OS. The zero-order chi connectivity index (χ0) is 72.0. The van der Waals surface area contributed by atoms with Gasteiger partial charge in [0.05, 0.1) is 68.6 Å². The summed E-state index contributed by atoms with van der Waals surface area (Å²) in [4.78, 5) is 30.1. The highest BCUT2D eigenvalue weighted by atomic mass is 32.1. The van der Waals surface area contributed by atoms with Crippen molar-refractivity contribution in [2.75, 3.05) is 0 Å². The first kappa shape index (κ1) is 64.4. The number of nitrogens with zero attached hydrogens (tertiary/aromatic N) is 7. The maximum atomic E-state index is 7.10. The summed E-state index contributed by atoms with van der Waals surface area (Å²) in [5, 5.41) is 9.58. The Bertz CT molecular complexity index is 6110. The lowest BCUT2D eigenvalue weighted by Gasteiger charge is -2.08. The molecule has 11 heteroatoms. The van der Waals surface area contributed by atoms with E-state index in [0.29, 0.717) is 5.58 Å². The summed E-state index contributed by atoms with van der Waals surface area (Å²) in [7, 11) is 0. The molecule has 7 aromatic heterocycles. The maximum Gasteiger partial charge on any atom is 0.137 e. The second-order valence-corrected chi connectivity index (χ2v) is 29.2. The Balaban J connectivity index is 0.731. The maximum absolute atomic E-state index is 7.10. The zero-order valence-corrected chi connectivity index (χ0v) is 60.6. The zero-order valence-electron chi connectivity index (χ0n) is 59.7. The normalized spacial score (nSPS) is 12.2. The van der Waals surface area contributed by atoms with Crippen molar-refractivity contribution in [3.8, 4) is 106 Å². The lowest BCUT2D eigenvalue weighted by Crippen LogP contribution is -1.94. The van der Waals surface area contributed by atoms with Crippen molar-refractivity contribution in [1.29, 1.82) is 0 Å². The van der Waals surface area contributed by atoms with E-state index >= 15 is 0 Å². The van der Waals surface area contributed by atoms with Crippen LogP contribution in [0.4, 0.5) is 0 Å². The summed E-state index contributed by atoms with van der Waals surface area (Å²) in [5.74, 6) is 0. The van der Waals surface area contributed by atoms with Crippen LogP contribution < -0.4 is 0 Å². The van der Waals surface area contributed by atoms with E-state index in [2.05, 4.69) is 343 Å². The Morgan fingerprint density at radius 1 is 0.262 bits per heavy atom. The van der Waals surface area contributed by atoms with Crippen molar-refractivity contribution < 1.29 is 4.42 Å². The predicted molar refractivity (Wildman–Crippen MR) is 445 cm³/mol. The van der Waals surface area contributed by atoms with Crippen molar-refractivity contribution >= 4 is 103 Å². The third-order valence-corrected chi connectivity index (χ3v) is 21.8. The number of rotatable bonds is 10. The van der Waals surface area contributed by atoms with Gasteiger partial charge in [-0.3, -0.25) is 0 Å². The van der Waals surface area contributed by atoms with Crippen molar-refractivity contribution in [1.82, 2.24) is 44.9 Å². The summed E-state index contributed by atoms with van der Waals surface area (Å²) < 4.78 is 11.1. The van der Waals surface area contributed by atoms with Crippen LogP contribution in [-0.4, -0.2) is 44.9 Å². The molecule has 0 radical (unpaired) electrons. The molecule has 0 atom stereocenters. The molecule has 19 rings (SSSR count). The molecule has 2 N–H and O–H groups in total. The van der Waals surface area contributed by atoms with Crippen LogP contribution in [0.1, 0.15) is 78.9 Å². The second-order valence-electron chi connectivity index (χ2n) is 28.1. The Hall–Kier alpha value is -13.5. The van der Waals surface area contributed by atoms with Crippen LogP contribution in [0.3, 0.4) is 0 Å². The average molecular weight is 1400 g/mol. The van der Waals surface area contributed by atoms with Crippen molar-refractivity contribution in [2.24, 2.45) is 0 Å². The summed E-state index contributed by atoms with van der Waals surface area (Å²) in [5.41, 5.74) is 37.7. The van der Waals surface area contributed by atoms with E-state index in [4.69, 9.17) is 34.7 Å². The Morgan fingerprint density at radius 3 is 0.832 bits per heavy atom. The molecule has 15 aromatic rings. The number of thiophene rings is 1. The smallest absolute Gasteiger partial charge is 0.137 e. The van der Waals surface area contributed by atoms with E-state index in [0.717, 1.165) is 189 Å². The average Bonchev–Trinajstić information content (AvgIpc) is 1.63. The number of H-pyrrole nitrogens is 2. The SMILES string of the molecule is Cc1ccc(-c2c3nc(c(-c4ccc(C)cc4)c4ccc([nH]4)c(-c4ccc(-c5cn(-c6ccc(-c7c8nc(c(-c9ccc(C)cc9)c9ccc(o9)c(-c9ccc(C)cc9)c9nc(c(-c%10ccc(C)cc%10)c%10ccc7s%10)C=C9)C=C8)cc6)nn5)cc4)c4nc(c(-c5ccc(C)cc5)c5ccc2[nH]5)C=C4)C=C3)cc1. The van der Waals surface area contributed by atoms with Gasteiger partial charge in [-0.15, -0.1) is 16.4 Å². The van der Waals surface area contributed by atoms with E-state index in [1.54, 1.807) is 11.3 Å². The van der Waals surface area contributed by atoms with Gasteiger partial charge in [-0.05, 0) is 195 Å². The van der Waals surface area contributed by atoms with Crippen molar-refractivity contribution in [3.63, 3.8) is 0 Å². The van der Waals surface area contributed by atoms with Crippen LogP contribution in [0.15, 0.2) is 253 Å². The van der Waals surface area contributed by atoms with Crippen LogP contribution >= 0.6 is 11.3 Å². The number of aromatic nitrogens is 9. The largest absolute Gasteiger partial charge is 0.456 e. The van der Waals surface area contributed by atoms with Gasteiger partial charge in [-0.1, -0.05) is 221 Å². The first-order valence-electron chi connectivity index (χ1n) is 36.1. The Morgan fingerprint density at radius 2 is 0.514 bits per heavy atom. The van der Waals surface area contributed by atoms with Crippen LogP contribution in [-0.2, 0) is 0 Å². The Labute approximate surface area is 623 Å². The topological polar surface area (TPSA) is 127 Å². The quantitative estimate of drug-likeness (QED) is 0.140. The predicted octanol–water partition coefficient (Wildman–Crippen LogP) is 25.1. The fourth-order valence-electron chi connectivity index (χ4n) is 15.0. The van der Waals surface area contributed by atoms with E-state index in [-0.39, 0.29) is 0 Å². The molecule has 0 unspecified atom stereocenters. The van der Waals surface area contributed by atoms with Gasteiger partial charge in [0.25, 0.3) is 0 Å². The minimum Gasteiger partial charge on any atom is -0.456 e. The minimum atomic E-state index is 0.712. The number of benzene rings is 8. The van der Waals surface area contributed by atoms with Gasteiger partial charge in [-0.25, -0.2) is 24.6 Å². The number of furan rings is 1. The molecule has 107 heavy (non-hydrogen) atoms. The van der Waals surface area contributed by atoms with Gasteiger partial charge >= 0.3 is 0 Å². The molecule has 8 aromatic carbocycles.